The summed E-state index contributed by atoms with van der Waals surface area (Å²) in [7, 11) is 0. The second-order valence-corrected chi connectivity index (χ2v) is 4.50. The largest absolute Gasteiger partial charge is 0.477 e. The molecule has 0 unspecified atom stereocenters. The molecule has 0 radical (unpaired) electrons. The highest BCUT2D eigenvalue weighted by Gasteiger charge is 2.06. The molecular formula is C16H16N2O5. The molecule has 0 saturated heterocycles. The quantitative estimate of drug-likeness (QED) is 0.759. The normalized spacial score (nSPS) is 9.91. The van der Waals surface area contributed by atoms with Crippen LogP contribution < -0.4 is 10.1 Å². The molecule has 2 N–H and O–H groups in total. The number of carbonyl (C=O) groups excluding carboxylic acids is 1. The van der Waals surface area contributed by atoms with Gasteiger partial charge in [0.15, 0.2) is 5.69 Å². The zero-order valence-electron chi connectivity index (χ0n) is 12.3. The van der Waals surface area contributed by atoms with Crippen LogP contribution >= 0.6 is 0 Å². The van der Waals surface area contributed by atoms with Crippen molar-refractivity contribution in [3.63, 3.8) is 0 Å². The summed E-state index contributed by atoms with van der Waals surface area (Å²) in [4.78, 5) is 26.1. The first-order valence-corrected chi connectivity index (χ1v) is 6.93. The predicted molar refractivity (Wildman–Crippen MR) is 81.3 cm³/mol. The molecule has 0 bridgehead atoms. The zero-order valence-corrected chi connectivity index (χ0v) is 12.3. The van der Waals surface area contributed by atoms with Crippen LogP contribution in [0.4, 0.5) is 4.79 Å². The Morgan fingerprint density at radius 1 is 1.09 bits per heavy atom. The number of pyridine rings is 1. The minimum absolute atomic E-state index is 0.0993. The van der Waals surface area contributed by atoms with E-state index in [1.165, 1.54) is 12.1 Å². The average Bonchev–Trinajstić information content (AvgIpc) is 2.58. The Morgan fingerprint density at radius 3 is 2.61 bits per heavy atom. The maximum atomic E-state index is 11.5. The third-order valence-corrected chi connectivity index (χ3v) is 2.78. The Balaban J connectivity index is 1.66. The number of benzene rings is 1. The number of amides is 1. The van der Waals surface area contributed by atoms with E-state index in [2.05, 4.69) is 10.3 Å². The van der Waals surface area contributed by atoms with E-state index in [0.717, 1.165) is 5.56 Å². The van der Waals surface area contributed by atoms with Crippen molar-refractivity contribution in [1.29, 1.82) is 0 Å². The summed E-state index contributed by atoms with van der Waals surface area (Å²) in [6.07, 6.45) is -0.551. The van der Waals surface area contributed by atoms with E-state index in [9.17, 15) is 9.59 Å². The van der Waals surface area contributed by atoms with Crippen LogP contribution in [-0.4, -0.2) is 35.3 Å². The van der Waals surface area contributed by atoms with Crippen LogP contribution in [-0.2, 0) is 11.3 Å². The third kappa shape index (κ3) is 5.66. The first-order valence-electron chi connectivity index (χ1n) is 6.93. The van der Waals surface area contributed by atoms with Crippen molar-refractivity contribution in [2.24, 2.45) is 0 Å². The minimum Gasteiger partial charge on any atom is -0.477 e. The summed E-state index contributed by atoms with van der Waals surface area (Å²) in [5, 5.41) is 11.3. The van der Waals surface area contributed by atoms with Crippen LogP contribution in [0, 0.1) is 0 Å². The lowest BCUT2D eigenvalue weighted by Gasteiger charge is -2.08. The van der Waals surface area contributed by atoms with Gasteiger partial charge in [0.05, 0.1) is 6.54 Å². The topological polar surface area (TPSA) is 97.8 Å². The van der Waals surface area contributed by atoms with Crippen LogP contribution in [0.1, 0.15) is 16.1 Å². The molecule has 2 aromatic rings. The van der Waals surface area contributed by atoms with Gasteiger partial charge in [0, 0.05) is 6.07 Å². The van der Waals surface area contributed by atoms with Gasteiger partial charge in [-0.25, -0.2) is 14.6 Å². The van der Waals surface area contributed by atoms with Crippen molar-refractivity contribution in [2.45, 2.75) is 6.61 Å². The number of hydrogen-bond acceptors (Lipinski definition) is 5. The standard InChI is InChI=1S/C16H16N2O5/c19-15(20)13-7-4-8-14(18-13)22-10-9-17-16(21)23-11-12-5-2-1-3-6-12/h1-8H,9-11H2,(H,17,21)(H,19,20). The summed E-state index contributed by atoms with van der Waals surface area (Å²) < 4.78 is 10.3. The highest BCUT2D eigenvalue weighted by Crippen LogP contribution is 2.07. The van der Waals surface area contributed by atoms with Gasteiger partial charge in [-0.15, -0.1) is 0 Å². The van der Waals surface area contributed by atoms with Crippen molar-refractivity contribution in [2.75, 3.05) is 13.2 Å². The Bertz CT molecular complexity index is 661. The van der Waals surface area contributed by atoms with Crippen LogP contribution in [0.15, 0.2) is 48.5 Å². The highest BCUT2D eigenvalue weighted by atomic mass is 16.5. The van der Waals surface area contributed by atoms with Crippen LogP contribution in [0.5, 0.6) is 5.88 Å². The number of nitrogens with zero attached hydrogens (tertiary/aromatic N) is 1. The number of carboxylic acids is 1. The van der Waals surface area contributed by atoms with Gasteiger partial charge in [0.25, 0.3) is 0 Å². The van der Waals surface area contributed by atoms with Gasteiger partial charge in [-0.1, -0.05) is 36.4 Å². The number of alkyl carbamates (subject to hydrolysis) is 1. The molecule has 0 atom stereocenters. The van der Waals surface area contributed by atoms with Crippen LogP contribution in [0.25, 0.3) is 0 Å². The molecule has 0 aliphatic carbocycles. The first-order chi connectivity index (χ1) is 11.1. The maximum absolute atomic E-state index is 11.5. The third-order valence-electron chi connectivity index (χ3n) is 2.78. The Kier molecular flexibility index (Phi) is 5.93. The fourth-order valence-electron chi connectivity index (χ4n) is 1.70. The van der Waals surface area contributed by atoms with E-state index >= 15 is 0 Å². The number of carboxylic acid groups (broad SMARTS) is 1. The predicted octanol–water partition coefficient (Wildman–Crippen LogP) is 2.08. The van der Waals surface area contributed by atoms with Gasteiger partial charge in [0.2, 0.25) is 5.88 Å². The number of aromatic carboxylic acids is 1. The molecule has 0 aliphatic heterocycles. The van der Waals surface area contributed by atoms with Crippen molar-refractivity contribution < 1.29 is 24.2 Å². The van der Waals surface area contributed by atoms with Gasteiger partial charge in [-0.3, -0.25) is 0 Å². The fourth-order valence-corrected chi connectivity index (χ4v) is 1.70. The first kappa shape index (κ1) is 16.3. The summed E-state index contributed by atoms with van der Waals surface area (Å²) in [6.45, 7) is 0.554. The van der Waals surface area contributed by atoms with Crippen LogP contribution in [0.2, 0.25) is 0 Å². The second-order valence-electron chi connectivity index (χ2n) is 4.50. The van der Waals surface area contributed by atoms with Gasteiger partial charge >= 0.3 is 12.1 Å². The lowest BCUT2D eigenvalue weighted by Crippen LogP contribution is -2.28. The fraction of sp³-hybridized carbons (Fsp3) is 0.188. The summed E-state index contributed by atoms with van der Waals surface area (Å²) >= 11 is 0. The van der Waals surface area contributed by atoms with E-state index in [1.54, 1.807) is 6.07 Å². The van der Waals surface area contributed by atoms with Crippen molar-refractivity contribution in [3.8, 4) is 5.88 Å². The second kappa shape index (κ2) is 8.38. The lowest BCUT2D eigenvalue weighted by molar-refractivity contribution is 0.0689. The number of rotatable bonds is 7. The van der Waals surface area contributed by atoms with E-state index in [4.69, 9.17) is 14.6 Å². The van der Waals surface area contributed by atoms with E-state index in [1.807, 2.05) is 30.3 Å². The lowest BCUT2D eigenvalue weighted by atomic mass is 10.2. The van der Waals surface area contributed by atoms with Gasteiger partial charge < -0.3 is 19.9 Å². The molecule has 120 valence electrons. The van der Waals surface area contributed by atoms with E-state index in [0.29, 0.717) is 0 Å². The van der Waals surface area contributed by atoms with E-state index < -0.39 is 12.1 Å². The molecule has 1 heterocycles. The van der Waals surface area contributed by atoms with Gasteiger partial charge in [-0.2, -0.15) is 0 Å². The summed E-state index contributed by atoms with van der Waals surface area (Å²) in [5.41, 5.74) is 0.798. The Morgan fingerprint density at radius 2 is 1.87 bits per heavy atom. The monoisotopic (exact) mass is 316 g/mol. The average molecular weight is 316 g/mol. The molecule has 1 aromatic carbocycles. The molecule has 7 nitrogen and oxygen atoms in total. The van der Waals surface area contributed by atoms with E-state index in [-0.39, 0.29) is 31.3 Å². The smallest absolute Gasteiger partial charge is 0.407 e. The van der Waals surface area contributed by atoms with Gasteiger partial charge in [-0.05, 0) is 11.6 Å². The molecule has 0 aliphatic rings. The molecule has 0 fully saturated rings. The maximum Gasteiger partial charge on any atom is 0.407 e. The molecular weight excluding hydrogens is 300 g/mol. The highest BCUT2D eigenvalue weighted by molar-refractivity contribution is 5.85. The molecule has 1 aromatic heterocycles. The number of nitrogens with one attached hydrogen (secondary N) is 1. The molecule has 1 amide bonds. The van der Waals surface area contributed by atoms with Crippen molar-refractivity contribution in [3.05, 3.63) is 59.8 Å². The minimum atomic E-state index is -1.13. The number of ether oxygens (including phenoxy) is 2. The molecule has 2 rings (SSSR count). The SMILES string of the molecule is O=C(NCCOc1cccc(C(=O)O)n1)OCc1ccccc1. The van der Waals surface area contributed by atoms with Crippen molar-refractivity contribution in [1.82, 2.24) is 10.3 Å². The number of hydrogen-bond donors (Lipinski definition) is 2. The summed E-state index contributed by atoms with van der Waals surface area (Å²) in [6, 6.07) is 13.8. The summed E-state index contributed by atoms with van der Waals surface area (Å²) in [5.74, 6) is -0.942. The van der Waals surface area contributed by atoms with Gasteiger partial charge in [0.1, 0.15) is 13.2 Å². The Hall–Kier alpha value is -3.09. The van der Waals surface area contributed by atoms with Crippen LogP contribution in [0.3, 0.4) is 0 Å². The molecule has 7 heteroatoms. The molecule has 0 saturated carbocycles. The Labute approximate surface area is 132 Å². The zero-order chi connectivity index (χ0) is 16.5. The number of carbonyl (C=O) groups is 2. The van der Waals surface area contributed by atoms with Crippen molar-refractivity contribution >= 4 is 12.1 Å². The molecule has 23 heavy (non-hydrogen) atoms. The molecule has 0 spiro atoms. The number of aromatic nitrogens is 1.